The summed E-state index contributed by atoms with van der Waals surface area (Å²) >= 11 is 0. The molecule has 0 unspecified atom stereocenters. The average Bonchev–Trinajstić information content (AvgIpc) is 3.31. The van der Waals surface area contributed by atoms with Gasteiger partial charge in [0, 0.05) is 38.9 Å². The van der Waals surface area contributed by atoms with Gasteiger partial charge in [0.25, 0.3) is 0 Å². The lowest BCUT2D eigenvalue weighted by Crippen LogP contribution is -2.29. The van der Waals surface area contributed by atoms with Gasteiger partial charge < -0.3 is 9.30 Å². The standard InChI is InChI=1S/C20H24N4O3S/c1-15-5-3-6-17(13-15)28(25,26)23-10-8-16(14-23)19-22-18-7-4-9-21-20(18)24(19)11-12-27-2/h3-7,9,13,16H,8,10-12,14H2,1-2H3/t16-/m0/s1. The van der Waals surface area contributed by atoms with Gasteiger partial charge in [-0.05, 0) is 43.2 Å². The Balaban J connectivity index is 1.64. The monoisotopic (exact) mass is 400 g/mol. The smallest absolute Gasteiger partial charge is 0.243 e. The van der Waals surface area contributed by atoms with Gasteiger partial charge in [-0.1, -0.05) is 12.1 Å². The highest BCUT2D eigenvalue weighted by Crippen LogP contribution is 2.32. The summed E-state index contributed by atoms with van der Waals surface area (Å²) < 4.78 is 35.0. The summed E-state index contributed by atoms with van der Waals surface area (Å²) in [4.78, 5) is 9.59. The second kappa shape index (κ2) is 7.62. The topological polar surface area (TPSA) is 77.3 Å². The molecule has 0 spiro atoms. The van der Waals surface area contributed by atoms with Crippen LogP contribution >= 0.6 is 0 Å². The van der Waals surface area contributed by atoms with Crippen molar-refractivity contribution in [1.82, 2.24) is 18.8 Å². The van der Waals surface area contributed by atoms with Gasteiger partial charge >= 0.3 is 0 Å². The van der Waals surface area contributed by atoms with E-state index >= 15 is 0 Å². The van der Waals surface area contributed by atoms with E-state index in [2.05, 4.69) is 9.55 Å². The van der Waals surface area contributed by atoms with Gasteiger partial charge in [0.15, 0.2) is 5.65 Å². The van der Waals surface area contributed by atoms with E-state index in [0.29, 0.717) is 31.1 Å². The molecule has 0 saturated carbocycles. The van der Waals surface area contributed by atoms with Crippen LogP contribution in [0.4, 0.5) is 0 Å². The maximum atomic E-state index is 13.1. The van der Waals surface area contributed by atoms with Crippen molar-refractivity contribution in [3.05, 3.63) is 54.0 Å². The van der Waals surface area contributed by atoms with E-state index in [4.69, 9.17) is 9.72 Å². The number of hydrogen-bond donors (Lipinski definition) is 0. The van der Waals surface area contributed by atoms with Crippen LogP contribution in [0, 0.1) is 6.92 Å². The molecule has 3 aromatic rings. The number of ether oxygens (including phenoxy) is 1. The maximum absolute atomic E-state index is 13.1. The first kappa shape index (κ1) is 19.0. The minimum Gasteiger partial charge on any atom is -0.383 e. The fourth-order valence-corrected chi connectivity index (χ4v) is 5.38. The minimum absolute atomic E-state index is 0.0330. The highest BCUT2D eigenvalue weighted by atomic mass is 32.2. The Morgan fingerprint density at radius 3 is 2.89 bits per heavy atom. The third kappa shape index (κ3) is 3.43. The molecule has 2 aromatic heterocycles. The van der Waals surface area contributed by atoms with Crippen molar-refractivity contribution in [2.75, 3.05) is 26.8 Å². The molecule has 0 N–H and O–H groups in total. The van der Waals surface area contributed by atoms with Crippen molar-refractivity contribution in [2.45, 2.75) is 30.7 Å². The van der Waals surface area contributed by atoms with Crippen LogP contribution in [0.5, 0.6) is 0 Å². The van der Waals surface area contributed by atoms with E-state index in [1.54, 1.807) is 35.8 Å². The number of nitrogens with zero attached hydrogens (tertiary/aromatic N) is 4. The van der Waals surface area contributed by atoms with Crippen LogP contribution in [0.3, 0.4) is 0 Å². The number of pyridine rings is 1. The lowest BCUT2D eigenvalue weighted by atomic mass is 10.1. The molecule has 0 amide bonds. The van der Waals surface area contributed by atoms with E-state index in [-0.39, 0.29) is 5.92 Å². The van der Waals surface area contributed by atoms with Crippen molar-refractivity contribution in [3.63, 3.8) is 0 Å². The van der Waals surface area contributed by atoms with E-state index < -0.39 is 10.0 Å². The Hall–Kier alpha value is -2.29. The molecule has 1 aromatic carbocycles. The third-order valence-electron chi connectivity index (χ3n) is 5.20. The van der Waals surface area contributed by atoms with Crippen molar-refractivity contribution in [2.24, 2.45) is 0 Å². The number of hydrogen-bond acceptors (Lipinski definition) is 5. The predicted octanol–water partition coefficient (Wildman–Crippen LogP) is 2.56. The first-order valence-electron chi connectivity index (χ1n) is 9.37. The number of benzene rings is 1. The highest BCUT2D eigenvalue weighted by Gasteiger charge is 2.35. The van der Waals surface area contributed by atoms with Crippen molar-refractivity contribution in [3.8, 4) is 0 Å². The molecule has 0 bridgehead atoms. The molecule has 1 atom stereocenters. The number of imidazole rings is 1. The van der Waals surface area contributed by atoms with Gasteiger partial charge in [-0.3, -0.25) is 0 Å². The molecule has 1 aliphatic rings. The van der Waals surface area contributed by atoms with Gasteiger partial charge in [-0.25, -0.2) is 18.4 Å². The molecule has 148 valence electrons. The zero-order valence-corrected chi connectivity index (χ0v) is 16.9. The Labute approximate surface area is 165 Å². The van der Waals surface area contributed by atoms with Crippen molar-refractivity contribution >= 4 is 21.2 Å². The van der Waals surface area contributed by atoms with E-state index in [9.17, 15) is 8.42 Å². The molecule has 8 heteroatoms. The molecule has 7 nitrogen and oxygen atoms in total. The molecule has 1 fully saturated rings. The molecule has 1 saturated heterocycles. The lowest BCUT2D eigenvalue weighted by Gasteiger charge is -2.17. The zero-order valence-electron chi connectivity index (χ0n) is 16.1. The number of sulfonamides is 1. The van der Waals surface area contributed by atoms with Gasteiger partial charge in [-0.2, -0.15) is 4.31 Å². The first-order chi connectivity index (χ1) is 13.5. The van der Waals surface area contributed by atoms with E-state index in [0.717, 1.165) is 29.0 Å². The molecule has 28 heavy (non-hydrogen) atoms. The third-order valence-corrected chi connectivity index (χ3v) is 7.06. The summed E-state index contributed by atoms with van der Waals surface area (Å²) in [6.45, 7) is 4.00. The van der Waals surface area contributed by atoms with Gasteiger partial charge in [0.1, 0.15) is 11.3 Å². The number of fused-ring (bicyclic) bond motifs is 1. The lowest BCUT2D eigenvalue weighted by molar-refractivity contribution is 0.187. The number of aromatic nitrogens is 3. The Bertz CT molecular complexity index is 1090. The summed E-state index contributed by atoms with van der Waals surface area (Å²) in [5.74, 6) is 0.915. The Morgan fingerprint density at radius 1 is 1.25 bits per heavy atom. The molecular formula is C20H24N4O3S. The first-order valence-corrected chi connectivity index (χ1v) is 10.8. The number of aryl methyl sites for hydroxylation is 1. The van der Waals surface area contributed by atoms with Crippen LogP contribution in [0.15, 0.2) is 47.5 Å². The summed E-state index contributed by atoms with van der Waals surface area (Å²) in [6.07, 6.45) is 2.49. The second-order valence-corrected chi connectivity index (χ2v) is 9.06. The zero-order chi connectivity index (χ0) is 19.7. The summed E-state index contributed by atoms with van der Waals surface area (Å²) in [7, 11) is -1.84. The minimum atomic E-state index is -3.51. The van der Waals surface area contributed by atoms with Crippen LogP contribution in [0.2, 0.25) is 0 Å². The number of rotatable bonds is 6. The fraction of sp³-hybridized carbons (Fsp3) is 0.400. The van der Waals surface area contributed by atoms with E-state index in [1.807, 2.05) is 25.1 Å². The second-order valence-electron chi connectivity index (χ2n) is 7.13. The average molecular weight is 401 g/mol. The Morgan fingerprint density at radius 2 is 2.11 bits per heavy atom. The molecule has 1 aliphatic heterocycles. The SMILES string of the molecule is COCCn1c([C@H]2CCN(S(=O)(=O)c3cccc(C)c3)C2)nc2cccnc21. The fourth-order valence-electron chi connectivity index (χ4n) is 3.77. The molecular weight excluding hydrogens is 376 g/mol. The molecule has 0 radical (unpaired) electrons. The van der Waals surface area contributed by atoms with Gasteiger partial charge in [-0.15, -0.1) is 0 Å². The van der Waals surface area contributed by atoms with Crippen molar-refractivity contribution < 1.29 is 13.2 Å². The van der Waals surface area contributed by atoms with Crippen LogP contribution < -0.4 is 0 Å². The number of methoxy groups -OCH3 is 1. The largest absolute Gasteiger partial charge is 0.383 e. The highest BCUT2D eigenvalue weighted by molar-refractivity contribution is 7.89. The van der Waals surface area contributed by atoms with Crippen molar-refractivity contribution in [1.29, 1.82) is 0 Å². The van der Waals surface area contributed by atoms with Gasteiger partial charge in [0.05, 0.1) is 11.5 Å². The molecule has 4 rings (SSSR count). The molecule has 3 heterocycles. The summed E-state index contributed by atoms with van der Waals surface area (Å²) in [5.41, 5.74) is 2.58. The predicted molar refractivity (Wildman–Crippen MR) is 107 cm³/mol. The normalized spacial score (nSPS) is 18.1. The molecule has 0 aliphatic carbocycles. The van der Waals surface area contributed by atoms with Crippen LogP contribution in [-0.2, 0) is 21.3 Å². The van der Waals surface area contributed by atoms with Crippen LogP contribution in [-0.4, -0.2) is 54.1 Å². The Kier molecular flexibility index (Phi) is 5.18. The summed E-state index contributed by atoms with van der Waals surface area (Å²) in [6, 6.07) is 10.9. The quantitative estimate of drug-likeness (QED) is 0.636. The van der Waals surface area contributed by atoms with Gasteiger partial charge in [0.2, 0.25) is 10.0 Å². The maximum Gasteiger partial charge on any atom is 0.243 e. The van der Waals surface area contributed by atoms with Crippen LogP contribution in [0.25, 0.3) is 11.2 Å². The van der Waals surface area contributed by atoms with E-state index in [1.165, 1.54) is 0 Å². The summed E-state index contributed by atoms with van der Waals surface area (Å²) in [5, 5.41) is 0. The van der Waals surface area contributed by atoms with Crippen LogP contribution in [0.1, 0.15) is 23.7 Å².